The van der Waals surface area contributed by atoms with Gasteiger partial charge in [0, 0.05) is 48.8 Å². The molecule has 0 atom stereocenters. The summed E-state index contributed by atoms with van der Waals surface area (Å²) in [7, 11) is 12.1. The third kappa shape index (κ3) is 7.83. The molecule has 2 aromatic heterocycles. The standard InChI is InChI=1S/C27H36N10.2CH4/c1-32(24-12-8-22(9-13-24)28-30-26-34(3)18-19-35(26)4)16-7-17-33(2)25-14-10-23(11-15-25)29-31-27-36(5)20-21-37(27)6;;/h8-15,18-21H,7,16-17H2,1-6H3;2*1H4/q+2;;. The molecule has 0 bridgehead atoms. The van der Waals surface area contributed by atoms with Crippen molar-refractivity contribution in [3.8, 4) is 0 Å². The minimum absolute atomic E-state index is 0. The van der Waals surface area contributed by atoms with Crippen molar-refractivity contribution in [2.75, 3.05) is 37.0 Å². The quantitative estimate of drug-likeness (QED) is 0.183. The van der Waals surface area contributed by atoms with Crippen LogP contribution in [-0.4, -0.2) is 36.3 Å². The summed E-state index contributed by atoms with van der Waals surface area (Å²) in [6.07, 6.45) is 8.86. The average molecular weight is 533 g/mol. The lowest BCUT2D eigenvalue weighted by molar-refractivity contribution is -0.657. The molecular formula is C29H44N10+2. The van der Waals surface area contributed by atoms with Crippen LogP contribution in [0, 0.1) is 0 Å². The normalized spacial score (nSPS) is 11.0. The van der Waals surface area contributed by atoms with E-state index in [2.05, 4.69) is 68.6 Å². The molecule has 2 heterocycles. The van der Waals surface area contributed by atoms with E-state index >= 15 is 0 Å². The molecule has 0 amide bonds. The third-order valence-electron chi connectivity index (χ3n) is 6.37. The molecule has 10 heteroatoms. The fraction of sp³-hybridized carbons (Fsp3) is 0.379. The summed E-state index contributed by atoms with van der Waals surface area (Å²) in [5, 5.41) is 17.5. The smallest absolute Gasteiger partial charge is 0.375 e. The van der Waals surface area contributed by atoms with Gasteiger partial charge in [-0.1, -0.05) is 25.1 Å². The van der Waals surface area contributed by atoms with Crippen molar-refractivity contribution in [1.29, 1.82) is 0 Å². The maximum absolute atomic E-state index is 4.37. The first-order chi connectivity index (χ1) is 17.8. The highest BCUT2D eigenvalue weighted by Gasteiger charge is 2.12. The molecule has 0 aliphatic rings. The lowest BCUT2D eigenvalue weighted by atomic mass is 10.2. The van der Waals surface area contributed by atoms with Crippen LogP contribution in [0.1, 0.15) is 21.3 Å². The average Bonchev–Trinajstić information content (AvgIpc) is 3.40. The van der Waals surface area contributed by atoms with Gasteiger partial charge in [0.05, 0.1) is 53.0 Å². The van der Waals surface area contributed by atoms with Gasteiger partial charge in [0.2, 0.25) is 0 Å². The summed E-state index contributed by atoms with van der Waals surface area (Å²) >= 11 is 0. The molecule has 0 saturated carbocycles. The number of anilines is 2. The Labute approximate surface area is 233 Å². The summed E-state index contributed by atoms with van der Waals surface area (Å²) in [6.45, 7) is 1.90. The molecule has 0 radical (unpaired) electrons. The van der Waals surface area contributed by atoms with E-state index < -0.39 is 0 Å². The topological polar surface area (TPSA) is 73.5 Å². The molecule has 39 heavy (non-hydrogen) atoms. The van der Waals surface area contributed by atoms with E-state index in [9.17, 15) is 0 Å². The van der Waals surface area contributed by atoms with Crippen LogP contribution < -0.4 is 18.9 Å². The van der Waals surface area contributed by atoms with Crippen molar-refractivity contribution in [2.45, 2.75) is 21.3 Å². The number of azo groups is 2. The minimum atomic E-state index is 0. The van der Waals surface area contributed by atoms with Gasteiger partial charge in [-0.2, -0.15) is 0 Å². The summed E-state index contributed by atoms with van der Waals surface area (Å²) in [5.74, 6) is 1.59. The van der Waals surface area contributed by atoms with E-state index in [1.807, 2.05) is 95.5 Å². The van der Waals surface area contributed by atoms with E-state index in [0.717, 1.165) is 54.2 Å². The minimum Gasteiger partial charge on any atom is -0.375 e. The predicted molar refractivity (Wildman–Crippen MR) is 159 cm³/mol. The number of rotatable bonds is 10. The SMILES string of the molecule is C.C.CN(CCCN(C)c1ccc(N=Nc2n(C)cc[n+]2C)cc1)c1ccc(N=Nc2n(C)cc[n+]2C)cc1. The second-order valence-electron chi connectivity index (χ2n) is 9.27. The van der Waals surface area contributed by atoms with Gasteiger partial charge in [-0.25, -0.2) is 18.3 Å². The third-order valence-corrected chi connectivity index (χ3v) is 6.37. The van der Waals surface area contributed by atoms with E-state index in [-0.39, 0.29) is 14.9 Å². The van der Waals surface area contributed by atoms with Crippen LogP contribution in [0.3, 0.4) is 0 Å². The summed E-state index contributed by atoms with van der Waals surface area (Å²) in [4.78, 5) is 4.53. The molecule has 4 rings (SSSR count). The van der Waals surface area contributed by atoms with E-state index in [0.29, 0.717) is 0 Å². The number of hydrogen-bond donors (Lipinski definition) is 0. The Morgan fingerprint density at radius 1 is 0.615 bits per heavy atom. The summed E-state index contributed by atoms with van der Waals surface area (Å²) in [5.41, 5.74) is 3.98. The Balaban J connectivity index is 0.00000267. The molecule has 4 aromatic rings. The van der Waals surface area contributed by atoms with Gasteiger partial charge in [-0.05, 0) is 55.0 Å². The Kier molecular flexibility index (Phi) is 11.1. The van der Waals surface area contributed by atoms with Crippen LogP contribution in [-0.2, 0) is 28.2 Å². The van der Waals surface area contributed by atoms with Crippen LogP contribution >= 0.6 is 0 Å². The zero-order chi connectivity index (χ0) is 26.4. The Bertz CT molecular complexity index is 1220. The van der Waals surface area contributed by atoms with Crippen molar-refractivity contribution in [3.63, 3.8) is 0 Å². The second kappa shape index (κ2) is 14.0. The Morgan fingerprint density at radius 3 is 1.28 bits per heavy atom. The van der Waals surface area contributed by atoms with Crippen LogP contribution in [0.25, 0.3) is 0 Å². The molecule has 0 fully saturated rings. The Hall–Kier alpha value is -4.34. The van der Waals surface area contributed by atoms with Crippen molar-refractivity contribution in [1.82, 2.24) is 9.13 Å². The summed E-state index contributed by atoms with van der Waals surface area (Å²) in [6, 6.07) is 16.4. The predicted octanol–water partition coefficient (Wildman–Crippen LogP) is 6.08. The highest BCUT2D eigenvalue weighted by Crippen LogP contribution is 2.22. The molecule has 2 aromatic carbocycles. The van der Waals surface area contributed by atoms with Crippen molar-refractivity contribution in [2.24, 2.45) is 48.6 Å². The number of imidazole rings is 2. The first-order valence-corrected chi connectivity index (χ1v) is 12.3. The first-order valence-electron chi connectivity index (χ1n) is 12.3. The largest absolute Gasteiger partial charge is 0.421 e. The zero-order valence-corrected chi connectivity index (χ0v) is 22.5. The molecular weight excluding hydrogens is 488 g/mol. The molecule has 0 unspecified atom stereocenters. The fourth-order valence-electron chi connectivity index (χ4n) is 4.00. The monoisotopic (exact) mass is 532 g/mol. The van der Waals surface area contributed by atoms with Crippen LogP contribution in [0.2, 0.25) is 0 Å². The molecule has 0 spiro atoms. The van der Waals surface area contributed by atoms with Gasteiger partial charge in [0.25, 0.3) is 0 Å². The van der Waals surface area contributed by atoms with Crippen molar-refractivity contribution >= 4 is 34.6 Å². The molecule has 0 saturated heterocycles. The highest BCUT2D eigenvalue weighted by molar-refractivity contribution is 5.53. The molecule has 208 valence electrons. The van der Waals surface area contributed by atoms with Crippen LogP contribution in [0.4, 0.5) is 34.6 Å². The number of aromatic nitrogens is 4. The van der Waals surface area contributed by atoms with Crippen LogP contribution in [0.5, 0.6) is 0 Å². The van der Waals surface area contributed by atoms with Gasteiger partial charge < -0.3 is 9.80 Å². The lowest BCUT2D eigenvalue weighted by Gasteiger charge is -2.23. The van der Waals surface area contributed by atoms with Gasteiger partial charge in [0.15, 0.2) is 0 Å². The number of nitrogens with zero attached hydrogens (tertiary/aromatic N) is 10. The summed E-state index contributed by atoms with van der Waals surface area (Å²) < 4.78 is 7.75. The molecule has 0 aliphatic heterocycles. The second-order valence-corrected chi connectivity index (χ2v) is 9.27. The van der Waals surface area contributed by atoms with Gasteiger partial charge in [-0.15, -0.1) is 0 Å². The first kappa shape index (κ1) is 30.9. The molecule has 0 N–H and O–H groups in total. The number of hydrogen-bond acceptors (Lipinski definition) is 6. The molecule has 10 nitrogen and oxygen atoms in total. The highest BCUT2D eigenvalue weighted by atomic mass is 15.3. The van der Waals surface area contributed by atoms with E-state index in [1.54, 1.807) is 0 Å². The van der Waals surface area contributed by atoms with Gasteiger partial charge in [-0.3, -0.25) is 0 Å². The zero-order valence-electron chi connectivity index (χ0n) is 22.5. The van der Waals surface area contributed by atoms with E-state index in [4.69, 9.17) is 0 Å². The fourth-order valence-corrected chi connectivity index (χ4v) is 4.00. The van der Waals surface area contributed by atoms with Gasteiger partial charge >= 0.3 is 11.9 Å². The van der Waals surface area contributed by atoms with Crippen LogP contribution in [0.15, 0.2) is 93.8 Å². The lowest BCUT2D eigenvalue weighted by Crippen LogP contribution is -2.25. The Morgan fingerprint density at radius 2 is 0.974 bits per heavy atom. The van der Waals surface area contributed by atoms with Crippen molar-refractivity contribution in [3.05, 3.63) is 73.3 Å². The van der Waals surface area contributed by atoms with Gasteiger partial charge in [0.1, 0.15) is 11.4 Å². The van der Waals surface area contributed by atoms with E-state index in [1.165, 1.54) is 0 Å². The number of benzene rings is 2. The molecule has 0 aliphatic carbocycles. The maximum Gasteiger partial charge on any atom is 0.421 e. The van der Waals surface area contributed by atoms with Crippen molar-refractivity contribution < 1.29 is 9.13 Å². The number of aryl methyl sites for hydroxylation is 4. The maximum atomic E-state index is 4.37.